The largest absolute Gasteiger partial charge is 0.618 e. The van der Waals surface area contributed by atoms with Crippen molar-refractivity contribution in [3.8, 4) is 11.1 Å². The predicted octanol–water partition coefficient (Wildman–Crippen LogP) is 6.08. The second-order valence-electron chi connectivity index (χ2n) is 9.63. The van der Waals surface area contributed by atoms with Gasteiger partial charge in [-0.3, -0.25) is 4.79 Å². The number of aromatic carboxylic acids is 1. The van der Waals surface area contributed by atoms with Crippen LogP contribution in [0.25, 0.3) is 11.1 Å². The Balaban J connectivity index is 1.68. The van der Waals surface area contributed by atoms with E-state index in [1.165, 1.54) is 36.4 Å². The fourth-order valence-electron chi connectivity index (χ4n) is 4.95. The molecule has 0 unspecified atom stereocenters. The van der Waals surface area contributed by atoms with Crippen LogP contribution in [0.2, 0.25) is 5.02 Å². The summed E-state index contributed by atoms with van der Waals surface area (Å²) < 4.78 is 42.4. The first-order chi connectivity index (χ1) is 18.5. The smallest absolute Gasteiger partial charge is 0.335 e. The van der Waals surface area contributed by atoms with Crippen LogP contribution in [0, 0.1) is 16.9 Å². The van der Waals surface area contributed by atoms with Crippen LogP contribution in [-0.2, 0) is 4.79 Å². The van der Waals surface area contributed by atoms with Crippen molar-refractivity contribution >= 4 is 29.2 Å². The Bertz CT molecular complexity index is 1360. The fourth-order valence-corrected chi connectivity index (χ4v) is 5.11. The summed E-state index contributed by atoms with van der Waals surface area (Å²) in [5.74, 6) is -3.65. The average Bonchev–Trinajstić information content (AvgIpc) is 2.90. The van der Waals surface area contributed by atoms with Crippen molar-refractivity contribution in [2.75, 3.05) is 5.32 Å². The number of aliphatic hydroxyl groups is 1. The summed E-state index contributed by atoms with van der Waals surface area (Å²) in [6.45, 7) is 0. The summed E-state index contributed by atoms with van der Waals surface area (Å²) in [4.78, 5) is 24.5. The number of aliphatic hydroxyl groups excluding tert-OH is 1. The molecule has 0 aliphatic heterocycles. The summed E-state index contributed by atoms with van der Waals surface area (Å²) in [5, 5.41) is 34.5. The van der Waals surface area contributed by atoms with Crippen molar-refractivity contribution in [1.82, 2.24) is 0 Å². The number of amides is 1. The van der Waals surface area contributed by atoms with Gasteiger partial charge >= 0.3 is 5.97 Å². The van der Waals surface area contributed by atoms with E-state index in [0.717, 1.165) is 18.3 Å². The van der Waals surface area contributed by atoms with Gasteiger partial charge < -0.3 is 20.7 Å². The van der Waals surface area contributed by atoms with Gasteiger partial charge in [-0.15, -0.1) is 0 Å². The number of hydrogen-bond donors (Lipinski definition) is 3. The van der Waals surface area contributed by atoms with Gasteiger partial charge in [-0.25, -0.2) is 18.0 Å². The molecule has 4 rings (SSSR count). The molecule has 1 aliphatic rings. The Kier molecular flexibility index (Phi) is 8.76. The van der Waals surface area contributed by atoms with Gasteiger partial charge in [0, 0.05) is 22.9 Å². The molecule has 3 aromatic rings. The minimum atomic E-state index is -3.01. The number of nitrogens with zero attached hydrogens (tertiary/aromatic N) is 1. The van der Waals surface area contributed by atoms with Gasteiger partial charge in [-0.2, -0.15) is 4.73 Å². The molecule has 0 spiro atoms. The minimum absolute atomic E-state index is 0.0329. The fraction of sp³-hybridized carbons (Fsp3) is 0.321. The molecular formula is C28H26ClF3N2O5. The molecule has 11 heteroatoms. The van der Waals surface area contributed by atoms with Crippen LogP contribution < -0.4 is 10.0 Å². The van der Waals surface area contributed by atoms with Crippen molar-refractivity contribution in [1.29, 1.82) is 0 Å². The zero-order chi connectivity index (χ0) is 28.3. The molecule has 1 amide bonds. The number of aromatic nitrogens is 1. The predicted molar refractivity (Wildman–Crippen MR) is 138 cm³/mol. The molecule has 1 fully saturated rings. The lowest BCUT2D eigenvalue weighted by Crippen LogP contribution is -2.38. The number of carbonyl (C=O) groups excluding carboxylic acids is 1. The quantitative estimate of drug-likeness (QED) is 0.227. The molecule has 3 N–H and O–H groups in total. The Morgan fingerprint density at radius 2 is 1.72 bits per heavy atom. The van der Waals surface area contributed by atoms with E-state index < -0.39 is 47.3 Å². The summed E-state index contributed by atoms with van der Waals surface area (Å²) in [6, 6.07) is 10.2. The van der Waals surface area contributed by atoms with E-state index in [4.69, 9.17) is 16.7 Å². The molecule has 0 saturated heterocycles. The van der Waals surface area contributed by atoms with E-state index in [1.807, 2.05) is 0 Å². The Labute approximate surface area is 227 Å². The zero-order valence-electron chi connectivity index (χ0n) is 20.6. The van der Waals surface area contributed by atoms with E-state index in [1.54, 1.807) is 0 Å². The van der Waals surface area contributed by atoms with Gasteiger partial charge in [-0.1, -0.05) is 17.7 Å². The molecular weight excluding hydrogens is 537 g/mol. The number of alkyl halides is 2. The van der Waals surface area contributed by atoms with Crippen molar-refractivity contribution in [2.24, 2.45) is 5.92 Å². The number of carbonyl (C=O) groups is 2. The van der Waals surface area contributed by atoms with E-state index in [9.17, 15) is 33.1 Å². The molecule has 1 aromatic heterocycles. The number of hydrogen-bond acceptors (Lipinski definition) is 4. The Morgan fingerprint density at radius 3 is 2.31 bits per heavy atom. The maximum atomic E-state index is 14.8. The van der Waals surface area contributed by atoms with Crippen LogP contribution in [-0.4, -0.2) is 28.2 Å². The van der Waals surface area contributed by atoms with Crippen LogP contribution in [0.15, 0.2) is 54.7 Å². The third-order valence-corrected chi connectivity index (χ3v) is 7.35. The number of carboxylic acids is 1. The summed E-state index contributed by atoms with van der Waals surface area (Å²) in [5.41, 5.74) is -0.835. The molecule has 2 aromatic carbocycles. The van der Waals surface area contributed by atoms with Gasteiger partial charge in [-0.05, 0) is 74.4 Å². The normalized spacial score (nSPS) is 18.1. The van der Waals surface area contributed by atoms with E-state index in [-0.39, 0.29) is 34.2 Å². The van der Waals surface area contributed by atoms with Crippen LogP contribution in [0.3, 0.4) is 0 Å². The third kappa shape index (κ3) is 6.51. The van der Waals surface area contributed by atoms with Crippen LogP contribution in [0.4, 0.5) is 18.9 Å². The molecule has 0 radical (unpaired) electrons. The summed E-state index contributed by atoms with van der Waals surface area (Å²) in [7, 11) is 0. The van der Waals surface area contributed by atoms with Gasteiger partial charge in [0.1, 0.15) is 11.7 Å². The lowest BCUT2D eigenvalue weighted by Gasteiger charge is -2.28. The molecule has 1 saturated carbocycles. The van der Waals surface area contributed by atoms with Gasteiger partial charge in [0.05, 0.1) is 22.3 Å². The van der Waals surface area contributed by atoms with Crippen LogP contribution >= 0.6 is 11.6 Å². The number of nitrogens with one attached hydrogen (secondary N) is 1. The maximum absolute atomic E-state index is 14.8. The van der Waals surface area contributed by atoms with Crippen molar-refractivity contribution in [3.63, 3.8) is 0 Å². The zero-order valence-corrected chi connectivity index (χ0v) is 21.4. The standard InChI is InChI=1S/C28H26ClF3N2O5/c29-22-11-10-20(26(31)32)24(25(22)30)17-5-12-23(34(39)14-17)21(13-15-1-8-19(35)9-2-15)27(36)33-18-6-3-16(4-7-18)28(37)38/h3-7,10-12,14-15,19,21,26,35H,1-2,8-9,13H2,(H,33,36)(H,37,38)/t15?,19?,21-/m0/s1. The third-order valence-electron chi connectivity index (χ3n) is 7.05. The first kappa shape index (κ1) is 28.4. The molecule has 0 bridgehead atoms. The highest BCUT2D eigenvalue weighted by Gasteiger charge is 2.33. The maximum Gasteiger partial charge on any atom is 0.335 e. The van der Waals surface area contributed by atoms with E-state index >= 15 is 0 Å². The van der Waals surface area contributed by atoms with Crippen LogP contribution in [0.5, 0.6) is 0 Å². The molecule has 1 atom stereocenters. The second-order valence-corrected chi connectivity index (χ2v) is 10.0. The van der Waals surface area contributed by atoms with E-state index in [0.29, 0.717) is 36.1 Å². The number of carboxylic acid groups (broad SMARTS) is 1. The highest BCUT2D eigenvalue weighted by atomic mass is 35.5. The SMILES string of the molecule is O=C(O)c1ccc(NC(=O)[C@@H](CC2CCC(O)CC2)c2ccc(-c3c(C(F)F)ccc(Cl)c3F)c[n+]2[O-])cc1. The molecule has 39 heavy (non-hydrogen) atoms. The van der Waals surface area contributed by atoms with Crippen molar-refractivity contribution < 1.29 is 37.7 Å². The summed E-state index contributed by atoms with van der Waals surface area (Å²) in [6.07, 6.45) is 0.235. The minimum Gasteiger partial charge on any atom is -0.618 e. The lowest BCUT2D eigenvalue weighted by atomic mass is 9.80. The number of pyridine rings is 1. The first-order valence-electron chi connectivity index (χ1n) is 12.4. The Hall–Kier alpha value is -3.63. The molecule has 1 heterocycles. The molecule has 7 nitrogen and oxygen atoms in total. The average molecular weight is 563 g/mol. The highest BCUT2D eigenvalue weighted by molar-refractivity contribution is 6.31. The van der Waals surface area contributed by atoms with E-state index in [2.05, 4.69) is 5.32 Å². The van der Waals surface area contributed by atoms with Crippen molar-refractivity contribution in [2.45, 2.75) is 50.6 Å². The lowest BCUT2D eigenvalue weighted by molar-refractivity contribution is -0.614. The van der Waals surface area contributed by atoms with Crippen molar-refractivity contribution in [3.05, 3.63) is 87.6 Å². The number of anilines is 1. The number of halogens is 4. The number of rotatable bonds is 8. The monoisotopic (exact) mass is 562 g/mol. The van der Waals surface area contributed by atoms with Gasteiger partial charge in [0.15, 0.2) is 6.20 Å². The van der Waals surface area contributed by atoms with Gasteiger partial charge in [0.25, 0.3) is 6.43 Å². The second kappa shape index (κ2) is 12.0. The molecule has 206 valence electrons. The van der Waals surface area contributed by atoms with Gasteiger partial charge in [0.2, 0.25) is 11.6 Å². The highest BCUT2D eigenvalue weighted by Crippen LogP contribution is 2.37. The Morgan fingerprint density at radius 1 is 1.05 bits per heavy atom. The topological polar surface area (TPSA) is 114 Å². The number of benzene rings is 2. The van der Waals surface area contributed by atoms with Crippen LogP contribution in [0.1, 0.15) is 66.1 Å². The summed E-state index contributed by atoms with van der Waals surface area (Å²) >= 11 is 5.82. The first-order valence-corrected chi connectivity index (χ1v) is 12.7. The molecule has 1 aliphatic carbocycles.